The summed E-state index contributed by atoms with van der Waals surface area (Å²) >= 11 is 2.86. The summed E-state index contributed by atoms with van der Waals surface area (Å²) in [5, 5.41) is 0. The Labute approximate surface area is 120 Å². The first-order valence-corrected chi connectivity index (χ1v) is 6.48. The van der Waals surface area contributed by atoms with E-state index < -0.39 is 17.8 Å². The largest absolute Gasteiger partial charge is 0.461 e. The molecule has 0 amide bonds. The van der Waals surface area contributed by atoms with Crippen LogP contribution >= 0.6 is 15.9 Å². The number of fused-ring (bicyclic) bond motifs is 1. The number of halogens is 4. The SMILES string of the molecule is CCOC(=O)c1c(C)nc2ccc(Br)c(C(F)(F)F)n12. The molecule has 0 bridgehead atoms. The smallest absolute Gasteiger partial charge is 0.432 e. The van der Waals surface area contributed by atoms with E-state index in [0.717, 1.165) is 4.40 Å². The standard InChI is InChI=1S/C12H10BrF3N2O2/c1-3-20-11(19)9-6(2)17-8-5-4-7(13)10(18(8)9)12(14,15)16/h4-5H,3H2,1-2H3. The number of esters is 1. The van der Waals surface area contributed by atoms with E-state index in [1.54, 1.807) is 6.92 Å². The van der Waals surface area contributed by atoms with E-state index in [1.165, 1.54) is 19.1 Å². The van der Waals surface area contributed by atoms with Crippen LogP contribution in [0.5, 0.6) is 0 Å². The molecular weight excluding hydrogens is 341 g/mol. The molecule has 2 aromatic rings. The highest BCUT2D eigenvalue weighted by atomic mass is 79.9. The average Bonchev–Trinajstić information content (AvgIpc) is 2.63. The average molecular weight is 351 g/mol. The lowest BCUT2D eigenvalue weighted by molar-refractivity contribution is -0.142. The molecule has 0 aliphatic carbocycles. The normalized spacial score (nSPS) is 11.9. The molecule has 0 atom stereocenters. The summed E-state index contributed by atoms with van der Waals surface area (Å²) < 4.78 is 45.0. The predicted molar refractivity (Wildman–Crippen MR) is 68.6 cm³/mol. The number of hydrogen-bond donors (Lipinski definition) is 0. The van der Waals surface area contributed by atoms with E-state index >= 15 is 0 Å². The van der Waals surface area contributed by atoms with Crippen molar-refractivity contribution >= 4 is 27.5 Å². The summed E-state index contributed by atoms with van der Waals surface area (Å²) in [6.07, 6.45) is -4.63. The van der Waals surface area contributed by atoms with Gasteiger partial charge in [-0.3, -0.25) is 4.40 Å². The number of aryl methyl sites for hydroxylation is 1. The zero-order valence-corrected chi connectivity index (χ0v) is 12.2. The number of rotatable bonds is 2. The molecular formula is C12H10BrF3N2O2. The van der Waals surface area contributed by atoms with Crippen LogP contribution in [0.1, 0.15) is 28.8 Å². The van der Waals surface area contributed by atoms with Crippen LogP contribution in [-0.4, -0.2) is 22.0 Å². The molecule has 0 aromatic carbocycles. The highest BCUT2D eigenvalue weighted by molar-refractivity contribution is 9.10. The lowest BCUT2D eigenvalue weighted by Crippen LogP contribution is -2.17. The van der Waals surface area contributed by atoms with Crippen molar-refractivity contribution in [2.75, 3.05) is 6.61 Å². The monoisotopic (exact) mass is 350 g/mol. The van der Waals surface area contributed by atoms with Crippen molar-refractivity contribution in [3.05, 3.63) is 33.7 Å². The zero-order chi connectivity index (χ0) is 15.1. The van der Waals surface area contributed by atoms with Crippen LogP contribution in [0.3, 0.4) is 0 Å². The van der Waals surface area contributed by atoms with Crippen LogP contribution in [0.4, 0.5) is 13.2 Å². The van der Waals surface area contributed by atoms with Gasteiger partial charge in [0.25, 0.3) is 0 Å². The molecule has 0 radical (unpaired) electrons. The van der Waals surface area contributed by atoms with Gasteiger partial charge in [0.05, 0.1) is 12.3 Å². The number of aromatic nitrogens is 2. The predicted octanol–water partition coefficient (Wildman–Crippen LogP) is 3.60. The van der Waals surface area contributed by atoms with Gasteiger partial charge in [-0.2, -0.15) is 13.2 Å². The number of ether oxygens (including phenoxy) is 1. The minimum Gasteiger partial charge on any atom is -0.461 e. The van der Waals surface area contributed by atoms with E-state index in [0.29, 0.717) is 0 Å². The van der Waals surface area contributed by atoms with Crippen LogP contribution in [0.2, 0.25) is 0 Å². The van der Waals surface area contributed by atoms with Crippen molar-refractivity contribution in [3.63, 3.8) is 0 Å². The van der Waals surface area contributed by atoms with E-state index in [-0.39, 0.29) is 28.1 Å². The Morgan fingerprint density at radius 1 is 1.45 bits per heavy atom. The van der Waals surface area contributed by atoms with Gasteiger partial charge in [0.2, 0.25) is 0 Å². The van der Waals surface area contributed by atoms with Crippen LogP contribution < -0.4 is 0 Å². The number of pyridine rings is 1. The van der Waals surface area contributed by atoms with Crippen LogP contribution in [-0.2, 0) is 10.9 Å². The van der Waals surface area contributed by atoms with Gasteiger partial charge >= 0.3 is 12.1 Å². The molecule has 2 aromatic heterocycles. The molecule has 108 valence electrons. The molecule has 8 heteroatoms. The Kier molecular flexibility index (Phi) is 3.77. The van der Waals surface area contributed by atoms with Gasteiger partial charge in [-0.1, -0.05) is 0 Å². The summed E-state index contributed by atoms with van der Waals surface area (Å²) in [7, 11) is 0. The third-order valence-electron chi connectivity index (χ3n) is 2.64. The Hall–Kier alpha value is -1.57. The van der Waals surface area contributed by atoms with Gasteiger partial charge < -0.3 is 4.74 Å². The number of carbonyl (C=O) groups is 1. The molecule has 20 heavy (non-hydrogen) atoms. The minimum atomic E-state index is -4.63. The Morgan fingerprint density at radius 2 is 2.10 bits per heavy atom. The Morgan fingerprint density at radius 3 is 2.65 bits per heavy atom. The summed E-state index contributed by atoms with van der Waals surface area (Å²) in [6.45, 7) is 3.12. The number of alkyl halides is 3. The topological polar surface area (TPSA) is 43.6 Å². The first-order chi connectivity index (χ1) is 9.27. The van der Waals surface area contributed by atoms with Gasteiger partial charge in [-0.05, 0) is 41.9 Å². The number of hydrogen-bond acceptors (Lipinski definition) is 3. The van der Waals surface area contributed by atoms with Crippen molar-refractivity contribution in [3.8, 4) is 0 Å². The highest BCUT2D eigenvalue weighted by Crippen LogP contribution is 2.36. The molecule has 0 saturated heterocycles. The maximum absolute atomic E-state index is 13.2. The number of nitrogens with zero attached hydrogens (tertiary/aromatic N) is 2. The first kappa shape index (κ1) is 14.8. The number of imidazole rings is 1. The van der Waals surface area contributed by atoms with E-state index in [4.69, 9.17) is 4.74 Å². The van der Waals surface area contributed by atoms with Crippen molar-refractivity contribution in [2.45, 2.75) is 20.0 Å². The maximum Gasteiger partial charge on any atom is 0.432 e. The molecule has 0 spiro atoms. The second-order valence-corrected chi connectivity index (χ2v) is 4.84. The first-order valence-electron chi connectivity index (χ1n) is 5.69. The van der Waals surface area contributed by atoms with Crippen LogP contribution in [0.25, 0.3) is 5.65 Å². The van der Waals surface area contributed by atoms with Crippen molar-refractivity contribution in [1.29, 1.82) is 0 Å². The summed E-state index contributed by atoms with van der Waals surface area (Å²) in [5.74, 6) is -0.832. The Balaban J connectivity index is 2.85. The van der Waals surface area contributed by atoms with Gasteiger partial charge in [-0.15, -0.1) is 0 Å². The summed E-state index contributed by atoms with van der Waals surface area (Å²) in [5.41, 5.74) is -0.970. The lowest BCUT2D eigenvalue weighted by Gasteiger charge is -2.13. The van der Waals surface area contributed by atoms with Crippen molar-refractivity contribution in [1.82, 2.24) is 9.38 Å². The van der Waals surface area contributed by atoms with Gasteiger partial charge in [0, 0.05) is 4.47 Å². The zero-order valence-electron chi connectivity index (χ0n) is 10.6. The molecule has 0 aliphatic rings. The minimum absolute atomic E-state index is 0.0427. The maximum atomic E-state index is 13.2. The second kappa shape index (κ2) is 5.08. The van der Waals surface area contributed by atoms with E-state index in [1.807, 2.05) is 0 Å². The fourth-order valence-corrected chi connectivity index (χ4v) is 2.46. The molecule has 0 aliphatic heterocycles. The van der Waals surface area contributed by atoms with Gasteiger partial charge in [-0.25, -0.2) is 9.78 Å². The summed E-state index contributed by atoms with van der Waals surface area (Å²) in [6, 6.07) is 2.65. The molecule has 2 heterocycles. The van der Waals surface area contributed by atoms with Crippen LogP contribution in [0, 0.1) is 6.92 Å². The molecule has 2 rings (SSSR count). The van der Waals surface area contributed by atoms with E-state index in [9.17, 15) is 18.0 Å². The fourth-order valence-electron chi connectivity index (χ4n) is 1.92. The third kappa shape index (κ3) is 2.39. The quantitative estimate of drug-likeness (QED) is 0.777. The third-order valence-corrected chi connectivity index (χ3v) is 3.28. The molecule has 4 nitrogen and oxygen atoms in total. The molecule has 0 fully saturated rings. The van der Waals surface area contributed by atoms with Gasteiger partial charge in [0.1, 0.15) is 11.3 Å². The number of carbonyl (C=O) groups excluding carboxylic acids is 1. The van der Waals surface area contributed by atoms with Gasteiger partial charge in [0.15, 0.2) is 5.69 Å². The van der Waals surface area contributed by atoms with Crippen molar-refractivity contribution in [2.24, 2.45) is 0 Å². The van der Waals surface area contributed by atoms with Crippen molar-refractivity contribution < 1.29 is 22.7 Å². The summed E-state index contributed by atoms with van der Waals surface area (Å²) in [4.78, 5) is 15.8. The van der Waals surface area contributed by atoms with Crippen LogP contribution in [0.15, 0.2) is 16.6 Å². The second-order valence-electron chi connectivity index (χ2n) is 3.99. The molecule has 0 unspecified atom stereocenters. The highest BCUT2D eigenvalue weighted by Gasteiger charge is 2.38. The molecule has 0 saturated carbocycles. The Bertz CT molecular complexity index is 679. The van der Waals surface area contributed by atoms with E-state index in [2.05, 4.69) is 20.9 Å². The lowest BCUT2D eigenvalue weighted by atomic mass is 10.3. The fraction of sp³-hybridized carbons (Fsp3) is 0.333. The molecule has 0 N–H and O–H groups in total.